The van der Waals surface area contributed by atoms with Gasteiger partial charge in [0.25, 0.3) is 11.7 Å². The third kappa shape index (κ3) is 3.77. The monoisotopic (exact) mass is 372 g/mol. The second-order valence-electron chi connectivity index (χ2n) is 7.23. The van der Waals surface area contributed by atoms with Crippen molar-refractivity contribution in [2.45, 2.75) is 32.1 Å². The topological polar surface area (TPSA) is 62.0 Å². The van der Waals surface area contributed by atoms with Crippen LogP contribution in [-0.4, -0.2) is 23.2 Å². The zero-order valence-electron chi connectivity index (χ0n) is 15.8. The molecule has 1 aliphatic carbocycles. The molecular weight excluding hydrogens is 348 g/mol. The highest BCUT2D eigenvalue weighted by atomic mass is 16.2. The molecule has 0 saturated heterocycles. The van der Waals surface area contributed by atoms with E-state index in [-0.39, 0.29) is 0 Å². The molecule has 0 atom stereocenters. The van der Waals surface area contributed by atoms with Crippen molar-refractivity contribution in [1.29, 1.82) is 0 Å². The van der Waals surface area contributed by atoms with Gasteiger partial charge < -0.3 is 10.3 Å². The molecule has 0 radical (unpaired) electrons. The summed E-state index contributed by atoms with van der Waals surface area (Å²) >= 11 is 0. The van der Waals surface area contributed by atoms with Crippen LogP contribution < -0.4 is 5.32 Å². The number of hydrogen-bond donors (Lipinski definition) is 2. The molecule has 1 amide bonds. The zero-order valence-corrected chi connectivity index (χ0v) is 15.8. The molecule has 2 N–H and O–H groups in total. The van der Waals surface area contributed by atoms with Crippen LogP contribution >= 0.6 is 0 Å². The molecule has 1 heterocycles. The summed E-state index contributed by atoms with van der Waals surface area (Å²) in [7, 11) is 0. The predicted molar refractivity (Wildman–Crippen MR) is 112 cm³/mol. The van der Waals surface area contributed by atoms with Crippen LogP contribution in [0.5, 0.6) is 0 Å². The Bertz CT molecular complexity index is 1030. The van der Waals surface area contributed by atoms with Gasteiger partial charge in [0.2, 0.25) is 0 Å². The standard InChI is InChI=1S/C24H24N2O2/c27-23(24(28)25-16-15-17-9-3-1-4-10-17)21-19-13-7-8-14-20(19)26-22(21)18-11-5-2-6-12-18/h2,5-9,11-14,26H,1,3-4,10,15-16H2,(H,25,28). The molecule has 0 aliphatic heterocycles. The molecular formula is C24H24N2O2. The van der Waals surface area contributed by atoms with Crippen molar-refractivity contribution in [2.24, 2.45) is 0 Å². The molecule has 4 nitrogen and oxygen atoms in total. The Kier molecular flexibility index (Phi) is 5.38. The Labute approximate surface area is 164 Å². The molecule has 2 aromatic carbocycles. The Morgan fingerprint density at radius 2 is 1.75 bits per heavy atom. The Morgan fingerprint density at radius 1 is 0.964 bits per heavy atom. The van der Waals surface area contributed by atoms with Crippen LogP contribution in [0.25, 0.3) is 22.2 Å². The van der Waals surface area contributed by atoms with Gasteiger partial charge in [-0.1, -0.05) is 60.2 Å². The number of rotatable bonds is 6. The number of carbonyl (C=O) groups excluding carboxylic acids is 2. The van der Waals surface area contributed by atoms with Gasteiger partial charge in [0.1, 0.15) is 0 Å². The van der Waals surface area contributed by atoms with Crippen molar-refractivity contribution in [3.05, 3.63) is 71.8 Å². The average molecular weight is 372 g/mol. The number of nitrogens with one attached hydrogen (secondary N) is 2. The van der Waals surface area contributed by atoms with Gasteiger partial charge in [-0.15, -0.1) is 0 Å². The zero-order chi connectivity index (χ0) is 19.3. The summed E-state index contributed by atoms with van der Waals surface area (Å²) in [4.78, 5) is 29.0. The number of aromatic nitrogens is 1. The molecule has 28 heavy (non-hydrogen) atoms. The second-order valence-corrected chi connectivity index (χ2v) is 7.23. The highest BCUT2D eigenvalue weighted by Gasteiger charge is 2.24. The van der Waals surface area contributed by atoms with Crippen molar-refractivity contribution >= 4 is 22.6 Å². The summed E-state index contributed by atoms with van der Waals surface area (Å²) in [6.07, 6.45) is 7.77. The summed E-state index contributed by atoms with van der Waals surface area (Å²) in [5, 5.41) is 3.59. The third-order valence-electron chi connectivity index (χ3n) is 5.32. The van der Waals surface area contributed by atoms with Gasteiger partial charge in [0.05, 0.1) is 11.3 Å². The minimum Gasteiger partial charge on any atom is -0.354 e. The summed E-state index contributed by atoms with van der Waals surface area (Å²) < 4.78 is 0. The van der Waals surface area contributed by atoms with Gasteiger partial charge in [-0.25, -0.2) is 0 Å². The smallest absolute Gasteiger partial charge is 0.292 e. The number of aromatic amines is 1. The number of ketones is 1. The van der Waals surface area contributed by atoms with E-state index in [0.29, 0.717) is 17.8 Å². The molecule has 4 rings (SSSR count). The molecule has 1 aromatic heterocycles. The molecule has 0 fully saturated rings. The highest BCUT2D eigenvalue weighted by molar-refractivity contribution is 6.46. The summed E-state index contributed by atoms with van der Waals surface area (Å²) in [6, 6.07) is 17.3. The minimum atomic E-state index is -0.543. The molecule has 0 bridgehead atoms. The van der Waals surface area contributed by atoms with E-state index >= 15 is 0 Å². The minimum absolute atomic E-state index is 0.441. The number of allylic oxidation sites excluding steroid dienone is 1. The molecule has 4 heteroatoms. The predicted octanol–water partition coefficient (Wildman–Crippen LogP) is 5.02. The molecule has 0 saturated carbocycles. The highest BCUT2D eigenvalue weighted by Crippen LogP contribution is 2.30. The summed E-state index contributed by atoms with van der Waals surface area (Å²) in [5.41, 5.74) is 4.26. The van der Waals surface area contributed by atoms with E-state index < -0.39 is 11.7 Å². The first-order chi connectivity index (χ1) is 13.7. The van der Waals surface area contributed by atoms with Crippen molar-refractivity contribution < 1.29 is 9.59 Å². The fourth-order valence-electron chi connectivity index (χ4n) is 3.86. The van der Waals surface area contributed by atoms with Gasteiger partial charge in [-0.05, 0) is 43.7 Å². The molecule has 0 spiro atoms. The lowest BCUT2D eigenvalue weighted by atomic mass is 9.97. The number of carbonyl (C=O) groups is 2. The van der Waals surface area contributed by atoms with Gasteiger partial charge >= 0.3 is 0 Å². The molecule has 1 aliphatic rings. The van der Waals surface area contributed by atoms with Gasteiger partial charge in [0, 0.05) is 17.4 Å². The lowest BCUT2D eigenvalue weighted by molar-refractivity contribution is -0.116. The lowest BCUT2D eigenvalue weighted by Gasteiger charge is -2.12. The van der Waals surface area contributed by atoms with Crippen molar-refractivity contribution in [1.82, 2.24) is 10.3 Å². The number of benzene rings is 2. The molecule has 0 unspecified atom stereocenters. The lowest BCUT2D eigenvalue weighted by Crippen LogP contribution is -2.32. The van der Waals surface area contributed by atoms with Crippen molar-refractivity contribution in [3.63, 3.8) is 0 Å². The van der Waals surface area contributed by atoms with E-state index in [4.69, 9.17) is 0 Å². The third-order valence-corrected chi connectivity index (χ3v) is 5.32. The van der Waals surface area contributed by atoms with E-state index in [1.165, 1.54) is 18.4 Å². The van der Waals surface area contributed by atoms with Crippen LogP contribution in [-0.2, 0) is 4.79 Å². The second kappa shape index (κ2) is 8.26. The largest absolute Gasteiger partial charge is 0.354 e. The quantitative estimate of drug-likeness (QED) is 0.362. The number of Topliss-reactive ketones (excluding diaryl/α,β-unsaturated/α-hetero) is 1. The Hall–Kier alpha value is -3.14. The maximum absolute atomic E-state index is 13.0. The Morgan fingerprint density at radius 3 is 2.54 bits per heavy atom. The SMILES string of the molecule is O=C(NCCC1=CCCCC1)C(=O)c1c(-c2ccccc2)[nH]c2ccccc12. The first-order valence-corrected chi connectivity index (χ1v) is 9.90. The molecule has 142 valence electrons. The van der Waals surface area contributed by atoms with Gasteiger partial charge in [0.15, 0.2) is 0 Å². The van der Waals surface area contributed by atoms with E-state index in [1.807, 2.05) is 54.6 Å². The van der Waals surface area contributed by atoms with Gasteiger partial charge in [-0.3, -0.25) is 9.59 Å². The van der Waals surface area contributed by atoms with Crippen LogP contribution in [0.2, 0.25) is 0 Å². The van der Waals surface area contributed by atoms with Crippen LogP contribution in [0.1, 0.15) is 42.5 Å². The maximum Gasteiger partial charge on any atom is 0.292 e. The maximum atomic E-state index is 13.0. The van der Waals surface area contributed by atoms with E-state index in [2.05, 4.69) is 16.4 Å². The van der Waals surface area contributed by atoms with E-state index in [9.17, 15) is 9.59 Å². The first kappa shape index (κ1) is 18.2. The molecule has 3 aromatic rings. The average Bonchev–Trinajstić information content (AvgIpc) is 3.14. The fraction of sp³-hybridized carbons (Fsp3) is 0.250. The normalized spacial score (nSPS) is 13.9. The van der Waals surface area contributed by atoms with Gasteiger partial charge in [-0.2, -0.15) is 0 Å². The van der Waals surface area contributed by atoms with Crippen LogP contribution in [0.15, 0.2) is 66.2 Å². The van der Waals surface area contributed by atoms with E-state index in [1.54, 1.807) is 0 Å². The summed E-state index contributed by atoms with van der Waals surface area (Å²) in [5.74, 6) is -1.03. The number of para-hydroxylation sites is 1. The number of H-pyrrole nitrogens is 1. The van der Waals surface area contributed by atoms with Crippen molar-refractivity contribution in [2.75, 3.05) is 6.54 Å². The number of fused-ring (bicyclic) bond motifs is 1. The Balaban J connectivity index is 1.57. The first-order valence-electron chi connectivity index (χ1n) is 9.90. The summed E-state index contributed by atoms with van der Waals surface area (Å²) in [6.45, 7) is 0.499. The number of hydrogen-bond acceptors (Lipinski definition) is 2. The number of amides is 1. The van der Waals surface area contributed by atoms with Crippen molar-refractivity contribution in [3.8, 4) is 11.3 Å². The van der Waals surface area contributed by atoms with Crippen LogP contribution in [0, 0.1) is 0 Å². The van der Waals surface area contributed by atoms with Crippen LogP contribution in [0.3, 0.4) is 0 Å². The fourth-order valence-corrected chi connectivity index (χ4v) is 3.86. The van der Waals surface area contributed by atoms with Crippen LogP contribution in [0.4, 0.5) is 0 Å². The van der Waals surface area contributed by atoms with E-state index in [0.717, 1.165) is 35.7 Å².